The van der Waals surface area contributed by atoms with E-state index in [1.54, 1.807) is 0 Å². The van der Waals surface area contributed by atoms with E-state index in [2.05, 4.69) is 170 Å². The second-order valence-corrected chi connectivity index (χ2v) is 15.1. The van der Waals surface area contributed by atoms with Crippen molar-refractivity contribution in [1.82, 2.24) is 15.0 Å². The summed E-state index contributed by atoms with van der Waals surface area (Å²) in [5.41, 5.74) is 9.85. The summed E-state index contributed by atoms with van der Waals surface area (Å²) in [4.78, 5) is 16.2. The first-order valence-corrected chi connectivity index (χ1v) is 20.1. The van der Waals surface area contributed by atoms with Gasteiger partial charge in [0.25, 0.3) is 0 Å². The van der Waals surface area contributed by atoms with Gasteiger partial charge < -0.3 is 0 Å². The fourth-order valence-electron chi connectivity index (χ4n) is 8.70. The number of rotatable bonds is 6. The van der Waals surface area contributed by atoms with Gasteiger partial charge in [-0.05, 0) is 95.3 Å². The van der Waals surface area contributed by atoms with Crippen molar-refractivity contribution >= 4 is 43.1 Å². The fourth-order valence-corrected chi connectivity index (χ4v) is 8.70. The van der Waals surface area contributed by atoms with Gasteiger partial charge in [-0.2, -0.15) is 5.26 Å². The molecule has 4 nitrogen and oxygen atoms in total. The Morgan fingerprint density at radius 3 is 1.70 bits per heavy atom. The average Bonchev–Trinajstić information content (AvgIpc) is 3.33. The quantitative estimate of drug-likeness (QED) is 0.125. The summed E-state index contributed by atoms with van der Waals surface area (Å²) in [5.74, 6) is 1.77. The van der Waals surface area contributed by atoms with Gasteiger partial charge in [-0.1, -0.05) is 182 Å². The molecule has 0 bridgehead atoms. The summed E-state index contributed by atoms with van der Waals surface area (Å²) >= 11 is 0. The minimum Gasteiger partial charge on any atom is -0.208 e. The number of hydrogen-bond donors (Lipinski definition) is 0. The van der Waals surface area contributed by atoms with E-state index in [0.717, 1.165) is 76.8 Å². The van der Waals surface area contributed by atoms with E-state index in [1.807, 2.05) is 42.5 Å². The smallest absolute Gasteiger partial charge is 0.165 e. The molecule has 0 atom stereocenters. The van der Waals surface area contributed by atoms with Gasteiger partial charge in [-0.25, -0.2) is 15.0 Å². The van der Waals surface area contributed by atoms with Crippen LogP contribution < -0.4 is 0 Å². The van der Waals surface area contributed by atoms with Gasteiger partial charge in [-0.3, -0.25) is 0 Å². The van der Waals surface area contributed by atoms with Crippen molar-refractivity contribution in [3.05, 3.63) is 212 Å². The number of fused-ring (bicyclic) bond motifs is 5. The van der Waals surface area contributed by atoms with E-state index in [9.17, 15) is 5.26 Å². The Labute approximate surface area is 347 Å². The molecule has 0 saturated heterocycles. The van der Waals surface area contributed by atoms with Crippen LogP contribution in [-0.2, 0) is 0 Å². The van der Waals surface area contributed by atoms with Crippen LogP contribution in [0.2, 0.25) is 0 Å². The molecule has 0 aliphatic carbocycles. The Bertz CT molecular complexity index is 3490. The molecule has 60 heavy (non-hydrogen) atoms. The number of hydrogen-bond acceptors (Lipinski definition) is 4. The average molecular weight is 763 g/mol. The van der Waals surface area contributed by atoms with E-state index in [0.29, 0.717) is 23.0 Å². The zero-order valence-electron chi connectivity index (χ0n) is 32.4. The van der Waals surface area contributed by atoms with Crippen molar-refractivity contribution < 1.29 is 0 Å². The van der Waals surface area contributed by atoms with E-state index >= 15 is 0 Å². The van der Waals surface area contributed by atoms with Gasteiger partial charge in [0.05, 0.1) is 11.6 Å². The molecular weight excluding hydrogens is 729 g/mol. The number of benzene rings is 10. The van der Waals surface area contributed by atoms with Crippen molar-refractivity contribution in [3.8, 4) is 73.6 Å². The van der Waals surface area contributed by atoms with Crippen LogP contribution in [-0.4, -0.2) is 15.0 Å². The SMILES string of the molecule is N#Cc1ccc(-c2cccc(-c3nc(-c4ccccc4-c4ccccc4)nc(-c4c5ccccc5c(-c5ccc6ccccc6c5)c5ccc6ccccc6c45)n3)c2)cc1. The molecule has 0 unspecified atom stereocenters. The molecule has 11 rings (SSSR count). The summed E-state index contributed by atoms with van der Waals surface area (Å²) < 4.78 is 0. The second kappa shape index (κ2) is 14.6. The first-order chi connectivity index (χ1) is 29.7. The maximum absolute atomic E-state index is 9.45. The Morgan fingerprint density at radius 1 is 0.317 bits per heavy atom. The third-order valence-electron chi connectivity index (χ3n) is 11.5. The highest BCUT2D eigenvalue weighted by Crippen LogP contribution is 2.46. The molecule has 4 heteroatoms. The minimum atomic E-state index is 0.574. The zero-order chi connectivity index (χ0) is 40.0. The normalized spacial score (nSPS) is 11.3. The highest BCUT2D eigenvalue weighted by atomic mass is 15.0. The summed E-state index contributed by atoms with van der Waals surface area (Å²) in [6.07, 6.45) is 0. The predicted octanol–water partition coefficient (Wildman–Crippen LogP) is 14.4. The summed E-state index contributed by atoms with van der Waals surface area (Å²) in [5, 5.41) is 18.6. The first kappa shape index (κ1) is 34.9. The van der Waals surface area contributed by atoms with Crippen molar-refractivity contribution in [3.63, 3.8) is 0 Å². The lowest BCUT2D eigenvalue weighted by Crippen LogP contribution is -2.03. The van der Waals surface area contributed by atoms with E-state index in [4.69, 9.17) is 15.0 Å². The van der Waals surface area contributed by atoms with Crippen molar-refractivity contribution in [2.45, 2.75) is 0 Å². The standard InChI is InChI=1S/C56H34N4/c57-35-36-25-27-38(28-26-36)42-18-12-19-44(34-42)54-58-55(49-24-11-8-20-45(49)39-14-2-1-3-15-39)60-56(59-54)53-48-23-10-9-22-47(48)51(43-30-29-37-13-4-5-17-41(37)33-43)50-32-31-40-16-6-7-21-46(40)52(50)53/h1-34H. The van der Waals surface area contributed by atoms with Crippen LogP contribution in [0.3, 0.4) is 0 Å². The summed E-state index contributed by atoms with van der Waals surface area (Å²) in [6, 6.07) is 74.1. The number of nitriles is 1. The molecule has 0 amide bonds. The Morgan fingerprint density at radius 2 is 0.900 bits per heavy atom. The third-order valence-corrected chi connectivity index (χ3v) is 11.5. The van der Waals surface area contributed by atoms with E-state index in [-0.39, 0.29) is 0 Å². The van der Waals surface area contributed by atoms with Crippen LogP contribution in [0.1, 0.15) is 5.56 Å². The van der Waals surface area contributed by atoms with Crippen LogP contribution in [0.4, 0.5) is 0 Å². The van der Waals surface area contributed by atoms with E-state index < -0.39 is 0 Å². The molecule has 11 aromatic rings. The highest BCUT2D eigenvalue weighted by Gasteiger charge is 2.23. The highest BCUT2D eigenvalue weighted by molar-refractivity contribution is 6.27. The van der Waals surface area contributed by atoms with E-state index in [1.165, 1.54) is 16.3 Å². The third kappa shape index (κ3) is 6.05. The lowest BCUT2D eigenvalue weighted by Gasteiger charge is -2.19. The lowest BCUT2D eigenvalue weighted by atomic mass is 9.85. The van der Waals surface area contributed by atoms with Gasteiger partial charge in [0.15, 0.2) is 17.5 Å². The molecule has 1 aromatic heterocycles. The Balaban J connectivity index is 1.24. The van der Waals surface area contributed by atoms with Crippen LogP contribution in [0, 0.1) is 11.3 Å². The molecule has 278 valence electrons. The number of nitrogens with zero attached hydrogens (tertiary/aromatic N) is 4. The Kier molecular flexibility index (Phi) is 8.50. The second-order valence-electron chi connectivity index (χ2n) is 15.1. The first-order valence-electron chi connectivity index (χ1n) is 20.1. The predicted molar refractivity (Wildman–Crippen MR) is 247 cm³/mol. The largest absolute Gasteiger partial charge is 0.208 e. The zero-order valence-corrected chi connectivity index (χ0v) is 32.4. The topological polar surface area (TPSA) is 62.5 Å². The molecule has 0 fully saturated rings. The monoisotopic (exact) mass is 762 g/mol. The molecule has 0 radical (unpaired) electrons. The molecular formula is C56H34N4. The maximum atomic E-state index is 9.45. The molecule has 1 heterocycles. The fraction of sp³-hybridized carbons (Fsp3) is 0. The van der Waals surface area contributed by atoms with Crippen LogP contribution in [0.25, 0.3) is 111 Å². The van der Waals surface area contributed by atoms with Gasteiger partial charge in [-0.15, -0.1) is 0 Å². The molecule has 0 N–H and O–H groups in total. The van der Waals surface area contributed by atoms with Gasteiger partial charge >= 0.3 is 0 Å². The summed E-state index contributed by atoms with van der Waals surface area (Å²) in [7, 11) is 0. The van der Waals surface area contributed by atoms with Crippen LogP contribution >= 0.6 is 0 Å². The molecule has 0 aliphatic rings. The minimum absolute atomic E-state index is 0.574. The van der Waals surface area contributed by atoms with Gasteiger partial charge in [0, 0.05) is 22.1 Å². The van der Waals surface area contributed by atoms with Crippen LogP contribution in [0.15, 0.2) is 206 Å². The molecule has 10 aromatic carbocycles. The van der Waals surface area contributed by atoms with Gasteiger partial charge in [0.1, 0.15) is 0 Å². The van der Waals surface area contributed by atoms with Crippen molar-refractivity contribution in [2.75, 3.05) is 0 Å². The molecule has 0 spiro atoms. The maximum Gasteiger partial charge on any atom is 0.165 e. The Hall–Kier alpha value is -8.26. The molecule has 0 aliphatic heterocycles. The lowest BCUT2D eigenvalue weighted by molar-refractivity contribution is 1.08. The number of aromatic nitrogens is 3. The molecule has 0 saturated carbocycles. The van der Waals surface area contributed by atoms with Crippen LogP contribution in [0.5, 0.6) is 0 Å². The van der Waals surface area contributed by atoms with Gasteiger partial charge in [0.2, 0.25) is 0 Å². The van der Waals surface area contributed by atoms with Crippen molar-refractivity contribution in [2.24, 2.45) is 0 Å². The summed E-state index contributed by atoms with van der Waals surface area (Å²) in [6.45, 7) is 0. The van der Waals surface area contributed by atoms with Crippen molar-refractivity contribution in [1.29, 1.82) is 5.26 Å².